The van der Waals surface area contributed by atoms with Gasteiger partial charge in [-0.05, 0) is 61.9 Å². The van der Waals surface area contributed by atoms with E-state index in [1.54, 1.807) is 67.6 Å². The van der Waals surface area contributed by atoms with Crippen molar-refractivity contribution in [3.05, 3.63) is 88.4 Å². The molecule has 3 aromatic rings. The first-order chi connectivity index (χ1) is 16.6. The Bertz CT molecular complexity index is 1370. The third-order valence-corrected chi connectivity index (χ3v) is 7.22. The molecule has 0 radical (unpaired) electrons. The molecule has 0 aromatic heterocycles. The number of anilines is 2. The minimum Gasteiger partial charge on any atom is -0.326 e. The van der Waals surface area contributed by atoms with Crippen LogP contribution in [0.3, 0.4) is 0 Å². The van der Waals surface area contributed by atoms with Crippen molar-refractivity contribution in [2.75, 3.05) is 16.2 Å². The maximum atomic E-state index is 13.4. The number of amides is 2. The number of carbonyl (C=O) groups is 2. The van der Waals surface area contributed by atoms with Crippen LogP contribution in [0.4, 0.5) is 11.4 Å². The summed E-state index contributed by atoms with van der Waals surface area (Å²) in [6.07, 6.45) is 0. The van der Waals surface area contributed by atoms with E-state index in [0.717, 1.165) is 9.87 Å². The molecular formula is C25H25BrN4O4S. The van der Waals surface area contributed by atoms with Crippen LogP contribution in [0.1, 0.15) is 25.0 Å². The monoisotopic (exact) mass is 556 g/mol. The summed E-state index contributed by atoms with van der Waals surface area (Å²) in [5.41, 5.74) is 5.46. The van der Waals surface area contributed by atoms with E-state index in [1.807, 2.05) is 6.92 Å². The van der Waals surface area contributed by atoms with Gasteiger partial charge in [-0.2, -0.15) is 5.10 Å². The summed E-state index contributed by atoms with van der Waals surface area (Å²) in [4.78, 5) is 24.2. The van der Waals surface area contributed by atoms with Crippen molar-refractivity contribution in [1.29, 1.82) is 0 Å². The zero-order valence-electron chi connectivity index (χ0n) is 19.4. The summed E-state index contributed by atoms with van der Waals surface area (Å²) in [6, 6.07) is 20.1. The number of hydrogen-bond donors (Lipinski definition) is 2. The quantitative estimate of drug-likeness (QED) is 0.315. The van der Waals surface area contributed by atoms with Crippen LogP contribution in [-0.4, -0.2) is 32.5 Å². The molecule has 182 valence electrons. The molecule has 0 aliphatic heterocycles. The lowest BCUT2D eigenvalue weighted by molar-refractivity contribution is -0.119. The van der Waals surface area contributed by atoms with Crippen molar-refractivity contribution in [2.45, 2.75) is 25.7 Å². The largest absolute Gasteiger partial charge is 0.326 e. The van der Waals surface area contributed by atoms with Gasteiger partial charge in [0.2, 0.25) is 5.91 Å². The van der Waals surface area contributed by atoms with E-state index in [0.29, 0.717) is 27.1 Å². The highest BCUT2D eigenvalue weighted by Gasteiger charge is 2.27. The Hall–Kier alpha value is -3.50. The van der Waals surface area contributed by atoms with Gasteiger partial charge >= 0.3 is 0 Å². The highest BCUT2D eigenvalue weighted by atomic mass is 79.9. The van der Waals surface area contributed by atoms with E-state index in [9.17, 15) is 18.0 Å². The van der Waals surface area contributed by atoms with Crippen molar-refractivity contribution in [3.63, 3.8) is 0 Å². The van der Waals surface area contributed by atoms with Gasteiger partial charge in [-0.1, -0.05) is 51.8 Å². The number of nitrogens with zero attached hydrogens (tertiary/aromatic N) is 2. The van der Waals surface area contributed by atoms with E-state index in [4.69, 9.17) is 0 Å². The molecule has 8 nitrogen and oxygen atoms in total. The van der Waals surface area contributed by atoms with Crippen LogP contribution in [0.15, 0.2) is 87.3 Å². The van der Waals surface area contributed by atoms with E-state index < -0.39 is 22.5 Å². The van der Waals surface area contributed by atoms with Crippen molar-refractivity contribution in [2.24, 2.45) is 5.10 Å². The second-order valence-electron chi connectivity index (χ2n) is 7.80. The summed E-state index contributed by atoms with van der Waals surface area (Å²) in [5.74, 6) is -0.814. The lowest BCUT2D eigenvalue weighted by Gasteiger charge is -2.24. The van der Waals surface area contributed by atoms with Gasteiger partial charge in [0.1, 0.15) is 6.54 Å². The summed E-state index contributed by atoms with van der Waals surface area (Å²) < 4.78 is 28.6. The molecule has 35 heavy (non-hydrogen) atoms. The molecule has 0 heterocycles. The SMILES string of the molecule is CC(=O)Nc1cccc(/C(C)=N\NC(=O)CN(c2cccc(Br)c2)S(=O)(=O)c2ccc(C)cc2)c1. The maximum absolute atomic E-state index is 13.4. The molecule has 0 bridgehead atoms. The number of hydrogen-bond acceptors (Lipinski definition) is 5. The van der Waals surface area contributed by atoms with Crippen LogP contribution in [-0.2, 0) is 19.6 Å². The normalized spacial score (nSPS) is 11.6. The highest BCUT2D eigenvalue weighted by molar-refractivity contribution is 9.10. The van der Waals surface area contributed by atoms with Crippen LogP contribution in [0.25, 0.3) is 0 Å². The Kier molecular flexibility index (Phi) is 8.42. The smallest absolute Gasteiger partial charge is 0.264 e. The molecule has 0 fully saturated rings. The first-order valence-corrected chi connectivity index (χ1v) is 12.9. The second-order valence-corrected chi connectivity index (χ2v) is 10.6. The molecule has 0 aliphatic carbocycles. The van der Waals surface area contributed by atoms with E-state index in [-0.39, 0.29) is 10.8 Å². The Labute approximate surface area is 213 Å². The first kappa shape index (κ1) is 26.1. The van der Waals surface area contributed by atoms with Crippen LogP contribution in [0.5, 0.6) is 0 Å². The van der Waals surface area contributed by atoms with Gasteiger partial charge in [0, 0.05) is 17.1 Å². The van der Waals surface area contributed by atoms with Crippen LogP contribution in [0, 0.1) is 6.92 Å². The van der Waals surface area contributed by atoms with Crippen molar-refractivity contribution < 1.29 is 18.0 Å². The molecular weight excluding hydrogens is 532 g/mol. The Morgan fingerprint density at radius 3 is 2.31 bits per heavy atom. The van der Waals surface area contributed by atoms with Gasteiger partial charge in [-0.3, -0.25) is 13.9 Å². The van der Waals surface area contributed by atoms with Crippen molar-refractivity contribution in [3.8, 4) is 0 Å². The van der Waals surface area contributed by atoms with Gasteiger partial charge < -0.3 is 5.32 Å². The number of halogens is 1. The minimum absolute atomic E-state index is 0.0744. The molecule has 0 saturated carbocycles. The number of rotatable bonds is 8. The lowest BCUT2D eigenvalue weighted by atomic mass is 10.1. The number of nitrogens with one attached hydrogen (secondary N) is 2. The van der Waals surface area contributed by atoms with Crippen molar-refractivity contribution in [1.82, 2.24) is 5.43 Å². The standard InChI is InChI=1S/C25H25BrN4O4S/c1-17-10-12-24(13-11-17)35(33,34)30(23-9-5-7-21(26)15-23)16-25(32)29-28-18(2)20-6-4-8-22(14-20)27-19(3)31/h4-15H,16H2,1-3H3,(H,27,31)(H,29,32)/b28-18-. The Morgan fingerprint density at radius 1 is 0.971 bits per heavy atom. The lowest BCUT2D eigenvalue weighted by Crippen LogP contribution is -2.39. The molecule has 3 aromatic carbocycles. The van der Waals surface area contributed by atoms with E-state index in [1.165, 1.54) is 19.1 Å². The Morgan fingerprint density at radius 2 is 1.66 bits per heavy atom. The minimum atomic E-state index is -4.03. The molecule has 0 unspecified atom stereocenters. The molecule has 0 aliphatic rings. The summed E-state index contributed by atoms with van der Waals surface area (Å²) in [6.45, 7) is 4.50. The zero-order chi connectivity index (χ0) is 25.6. The summed E-state index contributed by atoms with van der Waals surface area (Å²) in [5, 5.41) is 6.81. The van der Waals surface area contributed by atoms with Crippen LogP contribution in [0.2, 0.25) is 0 Å². The van der Waals surface area contributed by atoms with Gasteiger partial charge in [-0.15, -0.1) is 0 Å². The molecule has 0 saturated heterocycles. The van der Waals surface area contributed by atoms with Crippen molar-refractivity contribution >= 4 is 54.9 Å². The third kappa shape index (κ3) is 7.00. The fourth-order valence-electron chi connectivity index (χ4n) is 3.19. The zero-order valence-corrected chi connectivity index (χ0v) is 21.9. The fourth-order valence-corrected chi connectivity index (χ4v) is 4.99. The molecule has 0 atom stereocenters. The third-order valence-electron chi connectivity index (χ3n) is 4.94. The number of carbonyl (C=O) groups excluding carboxylic acids is 2. The predicted molar refractivity (Wildman–Crippen MR) is 141 cm³/mol. The summed E-state index contributed by atoms with van der Waals surface area (Å²) in [7, 11) is -4.03. The predicted octanol–water partition coefficient (Wildman–Crippen LogP) is 4.45. The molecule has 3 rings (SSSR count). The number of aryl methyl sites for hydroxylation is 1. The number of sulfonamides is 1. The van der Waals surface area contributed by atoms with Gasteiger partial charge in [0.05, 0.1) is 16.3 Å². The molecule has 2 amide bonds. The first-order valence-electron chi connectivity index (χ1n) is 10.6. The van der Waals surface area contributed by atoms with Gasteiger partial charge in [-0.25, -0.2) is 13.8 Å². The number of hydrazone groups is 1. The average Bonchev–Trinajstić information content (AvgIpc) is 2.81. The van der Waals surface area contributed by atoms with Gasteiger partial charge in [0.25, 0.3) is 15.9 Å². The highest BCUT2D eigenvalue weighted by Crippen LogP contribution is 2.26. The molecule has 0 spiro atoms. The van der Waals surface area contributed by atoms with E-state index >= 15 is 0 Å². The number of benzene rings is 3. The van der Waals surface area contributed by atoms with Gasteiger partial charge in [0.15, 0.2) is 0 Å². The second kappa shape index (κ2) is 11.3. The molecule has 2 N–H and O–H groups in total. The maximum Gasteiger partial charge on any atom is 0.264 e. The molecule has 10 heteroatoms. The Balaban J connectivity index is 1.84. The average molecular weight is 557 g/mol. The van der Waals surface area contributed by atoms with Crippen LogP contribution < -0.4 is 15.0 Å². The van der Waals surface area contributed by atoms with Crippen LogP contribution >= 0.6 is 15.9 Å². The van der Waals surface area contributed by atoms with E-state index in [2.05, 4.69) is 31.8 Å². The summed E-state index contributed by atoms with van der Waals surface area (Å²) >= 11 is 3.36. The fraction of sp³-hybridized carbons (Fsp3) is 0.160. The topological polar surface area (TPSA) is 108 Å².